The Morgan fingerprint density at radius 2 is 1.04 bits per heavy atom. The molecule has 2 heterocycles. The molecule has 5 aromatic rings. The average molecular weight is 1180 g/mol. The van der Waals surface area contributed by atoms with Gasteiger partial charge in [0, 0.05) is 74.3 Å². The molecule has 416 valence electrons. The first kappa shape index (κ1) is 65.4. The molecule has 0 radical (unpaired) electrons. The van der Waals surface area contributed by atoms with Crippen LogP contribution in [0, 0.1) is 26.7 Å². The number of carbonyl (C=O) groups is 4. The first-order valence-electron chi connectivity index (χ1n) is 25.2. The van der Waals surface area contributed by atoms with Crippen molar-refractivity contribution < 1.29 is 69.7 Å². The van der Waals surface area contributed by atoms with E-state index in [-0.39, 0.29) is 86.8 Å². The number of methoxy groups -OCH3 is 2. The monoisotopic (exact) mass is 1180 g/mol. The number of aryl methyl sites for hydroxylation is 2. The topological polar surface area (TPSA) is 141 Å². The summed E-state index contributed by atoms with van der Waals surface area (Å²) in [7, 11) is 6.55. The zero-order valence-electron chi connectivity index (χ0n) is 45.4. The summed E-state index contributed by atoms with van der Waals surface area (Å²) < 4.78 is 33.1. The third kappa shape index (κ3) is 17.5. The molecule has 0 amide bonds. The molecule has 0 spiro atoms. The van der Waals surface area contributed by atoms with E-state index in [1.807, 2.05) is 31.2 Å². The molecule has 2 aliphatic carbocycles. The fourth-order valence-corrected chi connectivity index (χ4v) is 13.5. The Morgan fingerprint density at radius 3 is 1.44 bits per heavy atom. The van der Waals surface area contributed by atoms with Gasteiger partial charge in [-0.15, -0.1) is 6.58 Å². The summed E-state index contributed by atoms with van der Waals surface area (Å²) in [6, 6.07) is 44.9. The van der Waals surface area contributed by atoms with E-state index in [9.17, 15) is 19.2 Å². The molecule has 77 heavy (non-hydrogen) atoms. The second-order valence-corrected chi connectivity index (χ2v) is 20.9. The Morgan fingerprint density at radius 1 is 0.636 bits per heavy atom. The van der Waals surface area contributed by atoms with E-state index in [1.165, 1.54) is 55.1 Å². The second kappa shape index (κ2) is 34.1. The molecule has 0 saturated heterocycles. The van der Waals surface area contributed by atoms with Gasteiger partial charge in [-0.2, -0.15) is 0 Å². The van der Waals surface area contributed by atoms with E-state index in [1.54, 1.807) is 17.3 Å². The third-order valence-corrected chi connectivity index (χ3v) is 16.5. The zero-order valence-corrected chi connectivity index (χ0v) is 49.0. The molecule has 2 fully saturated rings. The van der Waals surface area contributed by atoms with Crippen molar-refractivity contribution in [1.29, 1.82) is 0 Å². The molecule has 2 saturated carbocycles. The van der Waals surface area contributed by atoms with E-state index >= 15 is 0 Å². The number of allylic oxidation sites excluding steroid dienone is 2. The van der Waals surface area contributed by atoms with Crippen LogP contribution in [0.15, 0.2) is 152 Å². The average Bonchev–Trinajstić information content (AvgIpc) is 4.20. The van der Waals surface area contributed by atoms with Crippen molar-refractivity contribution in [2.45, 2.75) is 115 Å². The number of ether oxygens (including phenoxy) is 6. The summed E-state index contributed by atoms with van der Waals surface area (Å²) in [5.41, 5.74) is 4.63. The molecule has 0 N–H and O–H groups in total. The van der Waals surface area contributed by atoms with Crippen molar-refractivity contribution in [2.75, 3.05) is 14.2 Å². The van der Waals surface area contributed by atoms with Gasteiger partial charge in [0.2, 0.25) is 0 Å². The van der Waals surface area contributed by atoms with E-state index in [2.05, 4.69) is 144 Å². The molecule has 4 aliphatic rings. The van der Waals surface area contributed by atoms with Crippen LogP contribution in [-0.4, -0.2) is 69.3 Å². The van der Waals surface area contributed by atoms with Crippen molar-refractivity contribution in [1.82, 2.24) is 0 Å². The van der Waals surface area contributed by atoms with Gasteiger partial charge in [0.05, 0.1) is 22.1 Å². The number of fused-ring (bicyclic) bond motifs is 6. The number of carbonyl (C=O) groups excluding carboxylic acids is 5. The van der Waals surface area contributed by atoms with Gasteiger partial charge in [0.25, 0.3) is 0 Å². The second-order valence-electron chi connectivity index (χ2n) is 18.4. The Labute approximate surface area is 472 Å². The summed E-state index contributed by atoms with van der Waals surface area (Å²) in [5.74, 6) is 1.75. The van der Waals surface area contributed by atoms with Gasteiger partial charge < -0.3 is 48.1 Å². The first-order valence-corrected chi connectivity index (χ1v) is 29.1. The summed E-state index contributed by atoms with van der Waals surface area (Å²) in [4.78, 5) is 53.3. The maximum atomic E-state index is 11.4. The third-order valence-electron chi connectivity index (χ3n) is 13.8. The van der Waals surface area contributed by atoms with E-state index < -0.39 is 7.92 Å². The number of hydrogen-bond acceptors (Lipinski definition) is 11. The number of halogens is 1. The Hall–Kier alpha value is -5.93. The van der Waals surface area contributed by atoms with Crippen LogP contribution in [0.2, 0.25) is 0 Å². The standard InChI is InChI=1S/2C21H26O5.C18H15P.CHO.2CH3.ClH.Ru.H/c2*1-4-7-15-17(25-13(2)22)12-18-20(15)16-10-5-8-14(21(16)26-18)9-6-11-19(23)24-3;1-4-10-16(11-5-1)19(17-12-6-2-7-13-17)18-14-8-3-9-15-18;1-2;;;;;/h4-5,7-8,10,15,17-18,20H,6,9,11-12H2,1-3H3;4-5,8,10,15,17-18,20H,1,6-7,9,11-12H2,2-3H3;1-15H;1H;2*1H3;1H;;/q;;;3*-1;;+1;/b7-4+;;;;;;;;/t2*15-,17+,18-,20-;;;;;;;/m00......./s1. The number of esters is 4. The molecular weight excluding hydrogens is 1100 g/mol. The molecule has 9 rings (SSSR count). The molecule has 5 aromatic carbocycles. The van der Waals surface area contributed by atoms with Gasteiger partial charge in [-0.25, -0.2) is 0 Å². The van der Waals surface area contributed by atoms with Crippen LogP contribution >= 0.6 is 17.6 Å². The predicted octanol–water partition coefficient (Wildman–Crippen LogP) is 11.3. The maximum Gasteiger partial charge on any atom is 0.102 e. The van der Waals surface area contributed by atoms with Crippen molar-refractivity contribution in [3.8, 4) is 11.5 Å². The SMILES string of the molecule is C/C=C/[C@@H]1[C@H]2c3cccc(CCCC(=O)OC)c3O[C@H]2C[C@H]1OC(C)=O.C=CC[C@@H]1[C@H]2c3cccc(CCCC(=O)OC)c3O[C@H]2C[C@H]1OC(C)=O.[CH-]=O.[CH3-].[CH3-].[Cl][RuH].c1ccc([PH+](c2ccccc2)c2ccccc2)cc1. The van der Waals surface area contributed by atoms with E-state index in [0.717, 1.165) is 54.7 Å². The fraction of sp³-hybridized carbons (Fsp3) is 0.349. The Balaban J connectivity index is 0.000000294. The molecular formula is C63H76ClO11PRu-2. The van der Waals surface area contributed by atoms with Crippen LogP contribution < -0.4 is 25.4 Å². The number of rotatable bonds is 16. The van der Waals surface area contributed by atoms with Crippen molar-refractivity contribution in [2.24, 2.45) is 11.8 Å². The van der Waals surface area contributed by atoms with E-state index in [0.29, 0.717) is 25.7 Å². The van der Waals surface area contributed by atoms with Crippen LogP contribution in [0.5, 0.6) is 11.5 Å². The van der Waals surface area contributed by atoms with Gasteiger partial charge in [-0.1, -0.05) is 109 Å². The van der Waals surface area contributed by atoms with E-state index in [4.69, 9.17) is 33.2 Å². The van der Waals surface area contributed by atoms with Gasteiger partial charge >= 0.3 is 50.9 Å². The van der Waals surface area contributed by atoms with Crippen molar-refractivity contribution in [3.05, 3.63) is 189 Å². The minimum atomic E-state index is -0.877. The summed E-state index contributed by atoms with van der Waals surface area (Å²) in [6.45, 7) is 12.0. The van der Waals surface area contributed by atoms with Gasteiger partial charge in [0.1, 0.15) is 51.8 Å². The Kier molecular flexibility index (Phi) is 28.9. The van der Waals surface area contributed by atoms with Gasteiger partial charge in [-0.05, 0) is 86.6 Å². The van der Waals surface area contributed by atoms with Gasteiger partial charge in [0.15, 0.2) is 0 Å². The molecule has 8 atom stereocenters. The molecule has 14 heteroatoms. The number of benzene rings is 5. The molecule has 0 aromatic heterocycles. The summed E-state index contributed by atoms with van der Waals surface area (Å²) in [6.07, 6.45) is 11.8. The van der Waals surface area contributed by atoms with Crippen molar-refractivity contribution >= 4 is 64.2 Å². The largest absolute Gasteiger partial charge is 0.102 e. The first-order chi connectivity index (χ1) is 36.5. The summed E-state index contributed by atoms with van der Waals surface area (Å²) >= 11 is 1.62. The van der Waals surface area contributed by atoms with Crippen LogP contribution in [-0.2, 0) is 73.1 Å². The maximum absolute atomic E-state index is 11.4. The van der Waals surface area contributed by atoms with Crippen LogP contribution in [0.3, 0.4) is 0 Å². The van der Waals surface area contributed by atoms with Crippen LogP contribution in [0.25, 0.3) is 0 Å². The van der Waals surface area contributed by atoms with Crippen LogP contribution in [0.1, 0.15) is 99.8 Å². The smallest absolute Gasteiger partial charge is 0.0620 e. The summed E-state index contributed by atoms with van der Waals surface area (Å²) in [5, 5.41) is 4.31. The van der Waals surface area contributed by atoms with Crippen molar-refractivity contribution in [3.63, 3.8) is 0 Å². The Bertz CT molecular complexity index is 2540. The van der Waals surface area contributed by atoms with Gasteiger partial charge in [-0.3, -0.25) is 26.0 Å². The normalized spacial score (nSPS) is 20.3. The fourth-order valence-electron chi connectivity index (χ4n) is 10.9. The zero-order chi connectivity index (χ0) is 54.3. The minimum absolute atomic E-state index is 0. The van der Waals surface area contributed by atoms with Crippen LogP contribution in [0.4, 0.5) is 0 Å². The number of hydrogen-bond donors (Lipinski definition) is 0. The molecule has 0 bridgehead atoms. The molecule has 2 aliphatic heterocycles. The molecule has 0 unspecified atom stereocenters. The predicted molar refractivity (Wildman–Crippen MR) is 307 cm³/mol. The quantitative estimate of drug-likeness (QED) is 0.0177. The number of para-hydroxylation sites is 2. The minimum Gasteiger partial charge on any atom is -0.0620 e. The molecule has 11 nitrogen and oxygen atoms in total.